The zero-order valence-electron chi connectivity index (χ0n) is 11.1. The molecule has 4 heteroatoms. The van der Waals surface area contributed by atoms with Crippen molar-refractivity contribution in [3.8, 4) is 11.4 Å². The summed E-state index contributed by atoms with van der Waals surface area (Å²) in [5.74, 6) is 2.43. The van der Waals surface area contributed by atoms with E-state index in [1.165, 1.54) is 37.7 Å². The van der Waals surface area contributed by atoms with E-state index >= 15 is 0 Å². The molecule has 1 aromatic heterocycles. The van der Waals surface area contributed by atoms with Gasteiger partial charge in [-0.15, -0.1) is 0 Å². The van der Waals surface area contributed by atoms with Gasteiger partial charge in [0.05, 0.1) is 0 Å². The summed E-state index contributed by atoms with van der Waals surface area (Å²) < 4.78 is 1.05. The Hall–Kier alpha value is -1.16. The van der Waals surface area contributed by atoms with Gasteiger partial charge < -0.3 is 0 Å². The molecule has 3 rings (SSSR count). The van der Waals surface area contributed by atoms with Gasteiger partial charge in [0.1, 0.15) is 5.82 Å². The first-order chi connectivity index (χ1) is 9.24. The standard InChI is InChI=1S/C15H18BrN3/c1-10-7-8-13(16)12(9-10)15-17-14(18-19-15)11-5-3-2-4-6-11/h7-9,11H,2-6H2,1H3,(H,17,18,19). The Kier molecular flexibility index (Phi) is 3.69. The fraction of sp³-hybridized carbons (Fsp3) is 0.467. The number of hydrogen-bond donors (Lipinski definition) is 1. The Bertz CT molecular complexity index is 571. The average Bonchev–Trinajstić information content (AvgIpc) is 2.92. The highest BCUT2D eigenvalue weighted by molar-refractivity contribution is 9.10. The van der Waals surface area contributed by atoms with Gasteiger partial charge in [-0.05, 0) is 31.9 Å². The van der Waals surface area contributed by atoms with Gasteiger partial charge in [0.2, 0.25) is 0 Å². The highest BCUT2D eigenvalue weighted by atomic mass is 79.9. The molecular formula is C15H18BrN3. The van der Waals surface area contributed by atoms with E-state index in [1.807, 2.05) is 0 Å². The molecule has 0 aliphatic heterocycles. The Morgan fingerprint density at radius 3 is 2.79 bits per heavy atom. The number of H-pyrrole nitrogens is 1. The molecule has 1 saturated carbocycles. The maximum absolute atomic E-state index is 4.71. The maximum Gasteiger partial charge on any atom is 0.182 e. The van der Waals surface area contributed by atoms with E-state index in [0.717, 1.165) is 21.7 Å². The lowest BCUT2D eigenvalue weighted by Crippen LogP contribution is -2.06. The molecule has 1 N–H and O–H groups in total. The van der Waals surface area contributed by atoms with Gasteiger partial charge in [-0.3, -0.25) is 5.10 Å². The molecule has 0 spiro atoms. The number of aromatic amines is 1. The van der Waals surface area contributed by atoms with Crippen molar-refractivity contribution in [2.45, 2.75) is 44.9 Å². The first-order valence-corrected chi connectivity index (χ1v) is 7.72. The van der Waals surface area contributed by atoms with Crippen molar-refractivity contribution in [1.82, 2.24) is 15.2 Å². The molecule has 1 aromatic carbocycles. The molecule has 0 radical (unpaired) electrons. The van der Waals surface area contributed by atoms with Crippen LogP contribution in [-0.4, -0.2) is 15.2 Å². The quantitative estimate of drug-likeness (QED) is 0.879. The van der Waals surface area contributed by atoms with Crippen LogP contribution in [0.3, 0.4) is 0 Å². The Morgan fingerprint density at radius 1 is 1.21 bits per heavy atom. The average molecular weight is 320 g/mol. The molecule has 0 bridgehead atoms. The molecule has 100 valence electrons. The first-order valence-electron chi connectivity index (χ1n) is 6.93. The van der Waals surface area contributed by atoms with Crippen molar-refractivity contribution in [2.24, 2.45) is 0 Å². The molecule has 0 saturated heterocycles. The second-order valence-electron chi connectivity index (χ2n) is 5.36. The molecule has 1 aliphatic rings. The third kappa shape index (κ3) is 2.73. The SMILES string of the molecule is Cc1ccc(Br)c(-c2n[nH]c(C3CCCCC3)n2)c1. The molecule has 0 unspecified atom stereocenters. The molecule has 3 nitrogen and oxygen atoms in total. The lowest BCUT2D eigenvalue weighted by atomic mass is 9.89. The smallest absolute Gasteiger partial charge is 0.182 e. The summed E-state index contributed by atoms with van der Waals surface area (Å²) in [7, 11) is 0. The van der Waals surface area contributed by atoms with Crippen LogP contribution in [0, 0.1) is 6.92 Å². The third-order valence-corrected chi connectivity index (χ3v) is 4.55. The number of aromatic nitrogens is 3. The predicted octanol–water partition coefficient (Wildman–Crippen LogP) is 4.59. The number of hydrogen-bond acceptors (Lipinski definition) is 2. The first kappa shape index (κ1) is 12.9. The van der Waals surface area contributed by atoms with Crippen molar-refractivity contribution in [3.63, 3.8) is 0 Å². The fourth-order valence-electron chi connectivity index (χ4n) is 2.76. The minimum Gasteiger partial charge on any atom is -0.262 e. The van der Waals surface area contributed by atoms with E-state index in [9.17, 15) is 0 Å². The number of halogens is 1. The van der Waals surface area contributed by atoms with Crippen molar-refractivity contribution in [1.29, 1.82) is 0 Å². The van der Waals surface area contributed by atoms with E-state index in [1.54, 1.807) is 0 Å². The van der Waals surface area contributed by atoms with Gasteiger partial charge in [0, 0.05) is 16.0 Å². The highest BCUT2D eigenvalue weighted by Crippen LogP contribution is 2.32. The molecular weight excluding hydrogens is 302 g/mol. The molecule has 1 heterocycles. The van der Waals surface area contributed by atoms with Gasteiger partial charge in [-0.1, -0.05) is 46.8 Å². The highest BCUT2D eigenvalue weighted by Gasteiger charge is 2.20. The van der Waals surface area contributed by atoms with E-state index < -0.39 is 0 Å². The van der Waals surface area contributed by atoms with Crippen LogP contribution in [0.15, 0.2) is 22.7 Å². The summed E-state index contributed by atoms with van der Waals surface area (Å²) in [6.07, 6.45) is 6.47. The topological polar surface area (TPSA) is 41.6 Å². The molecule has 0 amide bonds. The van der Waals surface area contributed by atoms with Gasteiger partial charge in [-0.2, -0.15) is 5.10 Å². The van der Waals surface area contributed by atoms with E-state index in [-0.39, 0.29) is 0 Å². The van der Waals surface area contributed by atoms with Crippen LogP contribution in [0.25, 0.3) is 11.4 Å². The van der Waals surface area contributed by atoms with Crippen LogP contribution in [0.2, 0.25) is 0 Å². The summed E-state index contributed by atoms with van der Waals surface area (Å²) >= 11 is 3.58. The number of nitrogens with zero attached hydrogens (tertiary/aromatic N) is 2. The van der Waals surface area contributed by atoms with Crippen LogP contribution in [0.5, 0.6) is 0 Å². The summed E-state index contributed by atoms with van der Waals surface area (Å²) in [5, 5.41) is 7.54. The molecule has 1 fully saturated rings. The van der Waals surface area contributed by atoms with Crippen LogP contribution in [-0.2, 0) is 0 Å². The Morgan fingerprint density at radius 2 is 2.00 bits per heavy atom. The summed E-state index contributed by atoms with van der Waals surface area (Å²) in [6.45, 7) is 2.09. The number of benzene rings is 1. The summed E-state index contributed by atoms with van der Waals surface area (Å²) in [4.78, 5) is 4.71. The summed E-state index contributed by atoms with van der Waals surface area (Å²) in [5.41, 5.74) is 2.29. The van der Waals surface area contributed by atoms with Crippen molar-refractivity contribution < 1.29 is 0 Å². The number of nitrogens with one attached hydrogen (secondary N) is 1. The van der Waals surface area contributed by atoms with E-state index in [4.69, 9.17) is 4.98 Å². The van der Waals surface area contributed by atoms with Crippen LogP contribution < -0.4 is 0 Å². The molecule has 0 atom stereocenters. The Labute approximate surface area is 122 Å². The number of rotatable bonds is 2. The largest absolute Gasteiger partial charge is 0.262 e. The Balaban J connectivity index is 1.89. The second kappa shape index (κ2) is 5.45. The minimum atomic E-state index is 0.568. The van der Waals surface area contributed by atoms with Gasteiger partial charge in [0.25, 0.3) is 0 Å². The number of aryl methyl sites for hydroxylation is 1. The van der Waals surface area contributed by atoms with Gasteiger partial charge in [-0.25, -0.2) is 4.98 Å². The summed E-state index contributed by atoms with van der Waals surface area (Å²) in [6, 6.07) is 6.27. The zero-order valence-corrected chi connectivity index (χ0v) is 12.7. The molecule has 1 aliphatic carbocycles. The van der Waals surface area contributed by atoms with Gasteiger partial charge in [0.15, 0.2) is 5.82 Å². The van der Waals surface area contributed by atoms with Crippen LogP contribution in [0.4, 0.5) is 0 Å². The van der Waals surface area contributed by atoms with Crippen LogP contribution in [0.1, 0.15) is 49.4 Å². The lowest BCUT2D eigenvalue weighted by molar-refractivity contribution is 0.429. The third-order valence-electron chi connectivity index (χ3n) is 3.86. The lowest BCUT2D eigenvalue weighted by Gasteiger charge is -2.18. The fourth-order valence-corrected chi connectivity index (χ4v) is 3.19. The molecule has 19 heavy (non-hydrogen) atoms. The van der Waals surface area contributed by atoms with Crippen molar-refractivity contribution in [3.05, 3.63) is 34.1 Å². The van der Waals surface area contributed by atoms with Crippen molar-refractivity contribution in [2.75, 3.05) is 0 Å². The van der Waals surface area contributed by atoms with E-state index in [0.29, 0.717) is 5.92 Å². The van der Waals surface area contributed by atoms with Crippen molar-refractivity contribution >= 4 is 15.9 Å². The van der Waals surface area contributed by atoms with Gasteiger partial charge >= 0.3 is 0 Å². The normalized spacial score (nSPS) is 16.7. The monoisotopic (exact) mass is 319 g/mol. The molecule has 2 aromatic rings. The minimum absolute atomic E-state index is 0.568. The van der Waals surface area contributed by atoms with E-state index in [2.05, 4.69) is 51.3 Å². The predicted molar refractivity (Wildman–Crippen MR) is 80.1 cm³/mol. The zero-order chi connectivity index (χ0) is 13.2. The maximum atomic E-state index is 4.71. The second-order valence-corrected chi connectivity index (χ2v) is 6.22. The van der Waals surface area contributed by atoms with Crippen LogP contribution >= 0.6 is 15.9 Å².